The molecule has 0 bridgehead atoms. The maximum atomic E-state index is 13.2. The number of hydrogen-bond donors (Lipinski definition) is 0. The van der Waals surface area contributed by atoms with Gasteiger partial charge in [-0.1, -0.05) is 0 Å². The Morgan fingerprint density at radius 2 is 1.64 bits per heavy atom. The Balaban J connectivity index is 1.89. The van der Waals surface area contributed by atoms with E-state index in [0.717, 1.165) is 10.6 Å². The molecule has 8 heteroatoms. The van der Waals surface area contributed by atoms with Crippen molar-refractivity contribution in [2.75, 3.05) is 6.54 Å². The standard InChI is InChI=1S/C20H20FN3O4/c1-11(2)23-19(27)18(26)22(20(23)28)10-17(25)16-9-12(3)24(13(16)4)15-7-5-14(21)6-8-15/h5-9,11H,10H2,1-4H3. The summed E-state index contributed by atoms with van der Waals surface area (Å²) in [5.74, 6) is -2.75. The number of nitrogens with zero attached hydrogens (tertiary/aromatic N) is 3. The fourth-order valence-electron chi connectivity index (χ4n) is 3.38. The second-order valence-electron chi connectivity index (χ2n) is 6.96. The topological polar surface area (TPSA) is 79.7 Å². The molecule has 2 aromatic rings. The van der Waals surface area contributed by atoms with Crippen LogP contribution in [-0.4, -0.2) is 50.6 Å². The number of amides is 4. The molecule has 0 spiro atoms. The van der Waals surface area contributed by atoms with Crippen LogP contribution in [0.5, 0.6) is 0 Å². The van der Waals surface area contributed by atoms with Gasteiger partial charge in [0.25, 0.3) is 0 Å². The Morgan fingerprint density at radius 1 is 1.04 bits per heavy atom. The summed E-state index contributed by atoms with van der Waals surface area (Å²) in [6, 6.07) is 6.21. The van der Waals surface area contributed by atoms with Crippen LogP contribution in [-0.2, 0) is 9.59 Å². The van der Waals surface area contributed by atoms with Crippen molar-refractivity contribution in [3.8, 4) is 5.69 Å². The molecule has 146 valence electrons. The Kier molecular flexibility index (Phi) is 4.89. The summed E-state index contributed by atoms with van der Waals surface area (Å²) in [6.07, 6.45) is 0. The predicted molar refractivity (Wildman–Crippen MR) is 98.6 cm³/mol. The number of carbonyl (C=O) groups excluding carboxylic acids is 4. The average molecular weight is 385 g/mol. The molecule has 0 atom stereocenters. The van der Waals surface area contributed by atoms with E-state index in [1.165, 1.54) is 12.1 Å². The van der Waals surface area contributed by atoms with Crippen LogP contribution in [0, 0.1) is 19.7 Å². The van der Waals surface area contributed by atoms with Crippen LogP contribution in [0.15, 0.2) is 30.3 Å². The molecule has 0 radical (unpaired) electrons. The number of aromatic nitrogens is 1. The van der Waals surface area contributed by atoms with Crippen LogP contribution in [0.3, 0.4) is 0 Å². The Bertz CT molecular complexity index is 992. The van der Waals surface area contributed by atoms with E-state index in [1.807, 2.05) is 0 Å². The zero-order valence-electron chi connectivity index (χ0n) is 16.0. The van der Waals surface area contributed by atoms with Gasteiger partial charge in [0.2, 0.25) is 0 Å². The first-order valence-corrected chi connectivity index (χ1v) is 8.80. The van der Waals surface area contributed by atoms with Crippen LogP contribution in [0.25, 0.3) is 5.69 Å². The van der Waals surface area contributed by atoms with Crippen molar-refractivity contribution in [2.24, 2.45) is 0 Å². The largest absolute Gasteiger partial charge is 0.334 e. The molecule has 1 saturated heterocycles. The lowest BCUT2D eigenvalue weighted by molar-refractivity contribution is -0.143. The van der Waals surface area contributed by atoms with Crippen molar-refractivity contribution in [1.29, 1.82) is 0 Å². The van der Waals surface area contributed by atoms with Crippen molar-refractivity contribution in [1.82, 2.24) is 14.4 Å². The second-order valence-corrected chi connectivity index (χ2v) is 6.96. The zero-order chi connectivity index (χ0) is 20.7. The number of benzene rings is 1. The number of halogens is 1. The third-order valence-electron chi connectivity index (χ3n) is 4.72. The minimum absolute atomic E-state index is 0.331. The first kappa shape index (κ1) is 19.5. The highest BCUT2D eigenvalue weighted by Crippen LogP contribution is 2.23. The predicted octanol–water partition coefficient (Wildman–Crippen LogP) is 2.62. The maximum absolute atomic E-state index is 13.2. The molecule has 0 unspecified atom stereocenters. The van der Waals surface area contributed by atoms with E-state index in [4.69, 9.17) is 0 Å². The van der Waals surface area contributed by atoms with E-state index in [9.17, 15) is 23.6 Å². The molecule has 0 aliphatic carbocycles. The highest BCUT2D eigenvalue weighted by atomic mass is 19.1. The van der Waals surface area contributed by atoms with Gasteiger partial charge < -0.3 is 4.57 Å². The molecule has 0 N–H and O–H groups in total. The highest BCUT2D eigenvalue weighted by molar-refractivity contribution is 6.45. The fraction of sp³-hybridized carbons (Fsp3) is 0.300. The SMILES string of the molecule is Cc1cc(C(=O)CN2C(=O)C(=O)N(C(C)C)C2=O)c(C)n1-c1ccc(F)cc1. The summed E-state index contributed by atoms with van der Waals surface area (Å²) in [5.41, 5.74) is 2.36. The van der Waals surface area contributed by atoms with Crippen molar-refractivity contribution >= 4 is 23.6 Å². The van der Waals surface area contributed by atoms with Crippen molar-refractivity contribution in [3.63, 3.8) is 0 Å². The Labute approximate surface area is 161 Å². The first-order valence-electron chi connectivity index (χ1n) is 8.80. The van der Waals surface area contributed by atoms with Gasteiger partial charge in [-0.3, -0.25) is 19.3 Å². The summed E-state index contributed by atoms with van der Waals surface area (Å²) in [4.78, 5) is 50.8. The molecule has 1 aromatic carbocycles. The maximum Gasteiger partial charge on any atom is 0.334 e. The molecule has 1 aliphatic heterocycles. The third-order valence-corrected chi connectivity index (χ3v) is 4.72. The first-order chi connectivity index (χ1) is 13.1. The molecule has 2 heterocycles. The van der Waals surface area contributed by atoms with Crippen molar-refractivity contribution in [3.05, 3.63) is 53.1 Å². The van der Waals surface area contributed by atoms with Crippen LogP contribution in [0.4, 0.5) is 9.18 Å². The number of ketones is 1. The smallest absolute Gasteiger partial charge is 0.318 e. The van der Waals surface area contributed by atoms with Gasteiger partial charge in [-0.05, 0) is 58.0 Å². The quantitative estimate of drug-likeness (QED) is 0.450. The van der Waals surface area contributed by atoms with Crippen LogP contribution < -0.4 is 0 Å². The highest BCUT2D eigenvalue weighted by Gasteiger charge is 2.46. The molecular formula is C20H20FN3O4. The van der Waals surface area contributed by atoms with E-state index >= 15 is 0 Å². The van der Waals surface area contributed by atoms with E-state index in [-0.39, 0.29) is 5.82 Å². The van der Waals surface area contributed by atoms with E-state index in [0.29, 0.717) is 21.8 Å². The number of imide groups is 2. The van der Waals surface area contributed by atoms with Crippen molar-refractivity contribution in [2.45, 2.75) is 33.7 Å². The second kappa shape index (κ2) is 7.03. The number of carbonyl (C=O) groups is 4. The third kappa shape index (κ3) is 3.11. The normalized spacial score (nSPS) is 14.6. The molecule has 0 saturated carbocycles. The van der Waals surface area contributed by atoms with Gasteiger partial charge >= 0.3 is 17.8 Å². The number of urea groups is 1. The zero-order valence-corrected chi connectivity index (χ0v) is 16.0. The molecule has 1 aromatic heterocycles. The number of hydrogen-bond acceptors (Lipinski definition) is 4. The van der Waals surface area contributed by atoms with Gasteiger partial charge in [0, 0.05) is 28.7 Å². The lowest BCUT2D eigenvalue weighted by atomic mass is 10.1. The Hall–Kier alpha value is -3.29. The number of Topliss-reactive ketones (excluding diaryl/α,β-unsaturated/α-hetero) is 1. The summed E-state index contributed by atoms with van der Waals surface area (Å²) >= 11 is 0. The van der Waals surface area contributed by atoms with Crippen molar-refractivity contribution < 1.29 is 23.6 Å². The van der Waals surface area contributed by atoms with Gasteiger partial charge in [0.1, 0.15) is 5.82 Å². The van der Waals surface area contributed by atoms with Crippen LogP contribution >= 0.6 is 0 Å². The van der Waals surface area contributed by atoms with E-state index in [1.54, 1.807) is 50.5 Å². The monoisotopic (exact) mass is 385 g/mol. The summed E-state index contributed by atoms with van der Waals surface area (Å²) in [6.45, 7) is 6.24. The Morgan fingerprint density at radius 3 is 2.18 bits per heavy atom. The number of aryl methyl sites for hydroxylation is 1. The van der Waals surface area contributed by atoms with Gasteiger partial charge in [-0.15, -0.1) is 0 Å². The van der Waals surface area contributed by atoms with Gasteiger partial charge in [-0.25, -0.2) is 14.1 Å². The molecule has 1 aliphatic rings. The molecule has 28 heavy (non-hydrogen) atoms. The molecule has 7 nitrogen and oxygen atoms in total. The van der Waals surface area contributed by atoms with E-state index < -0.39 is 36.2 Å². The molecular weight excluding hydrogens is 365 g/mol. The molecule has 4 amide bonds. The van der Waals surface area contributed by atoms with Crippen LogP contribution in [0.1, 0.15) is 35.6 Å². The minimum Gasteiger partial charge on any atom is -0.318 e. The summed E-state index contributed by atoms with van der Waals surface area (Å²) < 4.78 is 15.0. The average Bonchev–Trinajstić information content (AvgIpc) is 3.04. The van der Waals surface area contributed by atoms with Gasteiger partial charge in [-0.2, -0.15) is 0 Å². The lowest BCUT2D eigenvalue weighted by Crippen LogP contribution is -2.39. The van der Waals surface area contributed by atoms with Gasteiger partial charge in [0.15, 0.2) is 5.78 Å². The minimum atomic E-state index is -1.00. The summed E-state index contributed by atoms with van der Waals surface area (Å²) in [7, 11) is 0. The number of rotatable bonds is 5. The molecule has 3 rings (SSSR count). The summed E-state index contributed by atoms with van der Waals surface area (Å²) in [5, 5.41) is 0. The van der Waals surface area contributed by atoms with E-state index in [2.05, 4.69) is 0 Å². The molecule has 1 fully saturated rings. The van der Waals surface area contributed by atoms with Gasteiger partial charge in [0.05, 0.1) is 6.54 Å². The van der Waals surface area contributed by atoms with Crippen LogP contribution in [0.2, 0.25) is 0 Å². The fourth-order valence-corrected chi connectivity index (χ4v) is 3.38. The lowest BCUT2D eigenvalue weighted by Gasteiger charge is -2.18.